The molecule has 1 rings (SSSR count). The van der Waals surface area contributed by atoms with Gasteiger partial charge >= 0.3 is 6.18 Å². The lowest BCUT2D eigenvalue weighted by atomic mass is 10.1. The van der Waals surface area contributed by atoms with Crippen molar-refractivity contribution in [2.45, 2.75) is 51.1 Å². The van der Waals surface area contributed by atoms with Gasteiger partial charge in [-0.2, -0.15) is 13.2 Å². The number of hydrogen-bond donors (Lipinski definition) is 1. The van der Waals surface area contributed by atoms with Crippen LogP contribution in [0.3, 0.4) is 0 Å². The minimum Gasteiger partial charge on any atom is -0.598 e. The van der Waals surface area contributed by atoms with Crippen LogP contribution in [-0.4, -0.2) is 27.1 Å². The fourth-order valence-corrected chi connectivity index (χ4v) is 2.45. The molecule has 0 aliphatic heterocycles. The molecule has 0 saturated heterocycles. The molecule has 1 aromatic heterocycles. The van der Waals surface area contributed by atoms with Gasteiger partial charge in [0.2, 0.25) is 5.88 Å². The third kappa shape index (κ3) is 6.41. The van der Waals surface area contributed by atoms with E-state index in [1.54, 1.807) is 6.07 Å². The van der Waals surface area contributed by atoms with Crippen LogP contribution in [0.1, 0.15) is 45.7 Å². The van der Waals surface area contributed by atoms with Crippen LogP contribution >= 0.6 is 0 Å². The van der Waals surface area contributed by atoms with E-state index in [1.807, 2.05) is 27.7 Å². The van der Waals surface area contributed by atoms with Crippen LogP contribution in [0.15, 0.2) is 18.3 Å². The second-order valence-corrected chi connectivity index (χ2v) is 7.79. The molecule has 0 unspecified atom stereocenters. The summed E-state index contributed by atoms with van der Waals surface area (Å²) in [7, 11) is 0. The first-order valence-electron chi connectivity index (χ1n) is 6.86. The standard InChI is InChI=1S/C14H21F3N2O2S/c1-5-11(19-22(20)13(2,3)4)10-6-7-12(18-8-10)21-9-14(15,16)17/h6-8,11,19H,5,9H2,1-4H3/t11-,22-/m1/s1. The summed E-state index contributed by atoms with van der Waals surface area (Å²) in [5, 5.41) is 0. The molecule has 1 heterocycles. The predicted octanol–water partition coefficient (Wildman–Crippen LogP) is 3.53. The van der Waals surface area contributed by atoms with Gasteiger partial charge in [0.15, 0.2) is 6.61 Å². The van der Waals surface area contributed by atoms with Crippen molar-refractivity contribution in [1.29, 1.82) is 0 Å². The highest BCUT2D eigenvalue weighted by molar-refractivity contribution is 7.90. The zero-order valence-corrected chi connectivity index (χ0v) is 13.8. The first-order chi connectivity index (χ1) is 10.0. The molecular weight excluding hydrogens is 317 g/mol. The Morgan fingerprint density at radius 3 is 2.36 bits per heavy atom. The number of nitrogens with zero attached hydrogens (tertiary/aromatic N) is 1. The molecule has 0 fully saturated rings. The maximum atomic E-state index is 12.1. The summed E-state index contributed by atoms with van der Waals surface area (Å²) in [6, 6.07) is 2.81. The number of pyridine rings is 1. The Labute approximate surface area is 131 Å². The van der Waals surface area contributed by atoms with Gasteiger partial charge in [-0.25, -0.2) is 4.98 Å². The van der Waals surface area contributed by atoms with Gasteiger partial charge in [0.1, 0.15) is 4.75 Å². The largest absolute Gasteiger partial charge is 0.598 e. The smallest absolute Gasteiger partial charge is 0.422 e. The van der Waals surface area contributed by atoms with Gasteiger partial charge in [0.25, 0.3) is 0 Å². The minimum absolute atomic E-state index is 0.0899. The molecule has 0 aromatic carbocycles. The second-order valence-electron chi connectivity index (χ2n) is 5.79. The summed E-state index contributed by atoms with van der Waals surface area (Å²) in [6.45, 7) is 6.12. The van der Waals surface area contributed by atoms with E-state index in [-0.39, 0.29) is 11.9 Å². The summed E-state index contributed by atoms with van der Waals surface area (Å²) in [5.74, 6) is -0.0899. The van der Waals surface area contributed by atoms with E-state index >= 15 is 0 Å². The van der Waals surface area contributed by atoms with E-state index in [4.69, 9.17) is 0 Å². The third-order valence-corrected chi connectivity index (χ3v) is 4.37. The molecule has 0 aliphatic rings. The molecule has 22 heavy (non-hydrogen) atoms. The molecule has 8 heteroatoms. The first-order valence-corrected chi connectivity index (χ1v) is 8.01. The fourth-order valence-electron chi connectivity index (χ4n) is 1.53. The molecule has 0 aliphatic carbocycles. The number of alkyl halides is 3. The van der Waals surface area contributed by atoms with Crippen LogP contribution in [0.4, 0.5) is 13.2 Å². The van der Waals surface area contributed by atoms with Crippen molar-refractivity contribution in [3.8, 4) is 5.88 Å². The normalized spacial score (nSPS) is 15.5. The number of aromatic nitrogens is 1. The van der Waals surface area contributed by atoms with E-state index in [2.05, 4.69) is 14.4 Å². The molecule has 0 saturated carbocycles. The Bertz CT molecular complexity index is 461. The van der Waals surface area contributed by atoms with Gasteiger partial charge in [-0.05, 0) is 32.8 Å². The third-order valence-electron chi connectivity index (χ3n) is 2.76. The SMILES string of the molecule is CC[C@@H](N[S@+]([O-])C(C)(C)C)c1ccc(OCC(F)(F)F)nc1. The average molecular weight is 338 g/mol. The van der Waals surface area contributed by atoms with Crippen LogP contribution in [0.5, 0.6) is 5.88 Å². The number of rotatable bonds is 6. The summed E-state index contributed by atoms with van der Waals surface area (Å²) in [4.78, 5) is 3.86. The Kier molecular flexibility index (Phi) is 6.51. The van der Waals surface area contributed by atoms with Crippen molar-refractivity contribution in [1.82, 2.24) is 9.71 Å². The zero-order chi connectivity index (χ0) is 17.0. The monoisotopic (exact) mass is 338 g/mol. The first kappa shape index (κ1) is 19.1. The number of halogens is 3. The lowest BCUT2D eigenvalue weighted by Crippen LogP contribution is -2.41. The average Bonchev–Trinajstić information content (AvgIpc) is 2.41. The molecule has 2 atom stereocenters. The summed E-state index contributed by atoms with van der Waals surface area (Å²) in [5.41, 5.74) is 0.749. The lowest BCUT2D eigenvalue weighted by Gasteiger charge is -2.27. The molecule has 1 aromatic rings. The molecular formula is C14H21F3N2O2S. The number of nitrogens with one attached hydrogen (secondary N) is 1. The lowest BCUT2D eigenvalue weighted by molar-refractivity contribution is -0.154. The maximum Gasteiger partial charge on any atom is 0.422 e. The maximum absolute atomic E-state index is 12.1. The predicted molar refractivity (Wildman–Crippen MR) is 79.9 cm³/mol. The topological polar surface area (TPSA) is 57.2 Å². The molecule has 1 N–H and O–H groups in total. The van der Waals surface area contributed by atoms with E-state index in [1.165, 1.54) is 12.3 Å². The van der Waals surface area contributed by atoms with Crippen molar-refractivity contribution in [2.75, 3.05) is 6.61 Å². The van der Waals surface area contributed by atoms with Crippen molar-refractivity contribution in [3.05, 3.63) is 23.9 Å². The van der Waals surface area contributed by atoms with E-state index in [9.17, 15) is 17.7 Å². The van der Waals surface area contributed by atoms with Gasteiger partial charge in [-0.1, -0.05) is 13.0 Å². The van der Waals surface area contributed by atoms with Crippen molar-refractivity contribution in [2.24, 2.45) is 0 Å². The zero-order valence-electron chi connectivity index (χ0n) is 13.0. The van der Waals surface area contributed by atoms with Gasteiger partial charge < -0.3 is 9.29 Å². The van der Waals surface area contributed by atoms with E-state index < -0.39 is 28.9 Å². The van der Waals surface area contributed by atoms with Gasteiger partial charge in [-0.3, -0.25) is 0 Å². The molecule has 0 bridgehead atoms. The highest BCUT2D eigenvalue weighted by atomic mass is 32.2. The second kappa shape index (κ2) is 7.52. The van der Waals surface area contributed by atoms with Crippen LogP contribution in [0.25, 0.3) is 0 Å². The minimum atomic E-state index is -4.39. The van der Waals surface area contributed by atoms with Crippen molar-refractivity contribution in [3.63, 3.8) is 0 Å². The molecule has 0 amide bonds. The Morgan fingerprint density at radius 1 is 1.32 bits per heavy atom. The van der Waals surface area contributed by atoms with Crippen molar-refractivity contribution >= 4 is 11.4 Å². The Hall–Kier alpha value is -0.990. The highest BCUT2D eigenvalue weighted by Crippen LogP contribution is 2.23. The summed E-state index contributed by atoms with van der Waals surface area (Å²) in [6.07, 6.45) is -2.28. The molecule has 126 valence electrons. The number of ether oxygens (including phenoxy) is 1. The number of hydrogen-bond acceptors (Lipinski definition) is 4. The van der Waals surface area contributed by atoms with E-state index in [0.717, 1.165) is 5.56 Å². The van der Waals surface area contributed by atoms with Crippen LogP contribution < -0.4 is 9.46 Å². The van der Waals surface area contributed by atoms with Gasteiger partial charge in [0.05, 0.1) is 6.04 Å². The van der Waals surface area contributed by atoms with Crippen molar-refractivity contribution < 1.29 is 22.5 Å². The van der Waals surface area contributed by atoms with Crippen LogP contribution in [-0.2, 0) is 11.4 Å². The van der Waals surface area contributed by atoms with Gasteiger partial charge in [0, 0.05) is 23.6 Å². The van der Waals surface area contributed by atoms with Gasteiger partial charge in [-0.15, -0.1) is 4.72 Å². The molecule has 4 nitrogen and oxygen atoms in total. The quantitative estimate of drug-likeness (QED) is 0.806. The Balaban J connectivity index is 2.70. The van der Waals surface area contributed by atoms with Crippen LogP contribution in [0, 0.1) is 0 Å². The molecule has 0 spiro atoms. The Morgan fingerprint density at radius 2 is 1.95 bits per heavy atom. The van der Waals surface area contributed by atoms with E-state index in [0.29, 0.717) is 6.42 Å². The molecule has 0 radical (unpaired) electrons. The van der Waals surface area contributed by atoms with Crippen LogP contribution in [0.2, 0.25) is 0 Å². The summed E-state index contributed by atoms with van der Waals surface area (Å²) < 4.78 is 55.5. The summed E-state index contributed by atoms with van der Waals surface area (Å²) >= 11 is -1.25. The fraction of sp³-hybridized carbons (Fsp3) is 0.643. The highest BCUT2D eigenvalue weighted by Gasteiger charge is 2.30.